The summed E-state index contributed by atoms with van der Waals surface area (Å²) in [6, 6.07) is 15.8. The van der Waals surface area contributed by atoms with E-state index in [0.29, 0.717) is 0 Å². The van der Waals surface area contributed by atoms with Gasteiger partial charge in [-0.15, -0.1) is 0 Å². The average molecular weight is 265 g/mol. The molecule has 0 atom stereocenters. The van der Waals surface area contributed by atoms with E-state index in [1.54, 1.807) is 7.11 Å². The first kappa shape index (κ1) is 12.4. The monoisotopic (exact) mass is 265 g/mol. The van der Waals surface area contributed by atoms with Gasteiger partial charge in [0, 0.05) is 17.1 Å². The lowest BCUT2D eigenvalue weighted by molar-refractivity contribution is 0.415. The summed E-state index contributed by atoms with van der Waals surface area (Å²) in [5.41, 5.74) is 3.68. The lowest BCUT2D eigenvalue weighted by Crippen LogP contribution is -1.99. The Labute approximate surface area is 117 Å². The molecule has 0 amide bonds. The molecule has 0 fully saturated rings. The van der Waals surface area contributed by atoms with Crippen molar-refractivity contribution >= 4 is 22.3 Å². The van der Waals surface area contributed by atoms with E-state index in [-0.39, 0.29) is 0 Å². The molecule has 3 rings (SSSR count). The van der Waals surface area contributed by atoms with Crippen LogP contribution in [-0.2, 0) is 0 Å². The number of rotatable bonds is 3. The van der Waals surface area contributed by atoms with Gasteiger partial charge in [0.2, 0.25) is 0 Å². The molecule has 1 aromatic heterocycles. The number of methoxy groups -OCH3 is 1. The molecule has 0 spiro atoms. The minimum absolute atomic E-state index is 0.818. The zero-order valence-electron chi connectivity index (χ0n) is 11.4. The molecular weight excluding hydrogens is 250 g/mol. The second kappa shape index (κ2) is 5.17. The molecule has 4 heteroatoms. The molecule has 100 valence electrons. The van der Waals surface area contributed by atoms with Gasteiger partial charge in [-0.3, -0.25) is 0 Å². The number of benzene rings is 2. The van der Waals surface area contributed by atoms with Gasteiger partial charge in [0.15, 0.2) is 0 Å². The minimum Gasteiger partial charge on any atom is -0.497 e. The lowest BCUT2D eigenvalue weighted by Gasteiger charge is -2.12. The Morgan fingerprint density at radius 2 is 1.85 bits per heavy atom. The van der Waals surface area contributed by atoms with Crippen molar-refractivity contribution in [1.82, 2.24) is 10.2 Å². The predicted molar refractivity (Wildman–Crippen MR) is 80.6 cm³/mol. The summed E-state index contributed by atoms with van der Waals surface area (Å²) in [5, 5.41) is 12.9. The summed E-state index contributed by atoms with van der Waals surface area (Å²) in [6.07, 6.45) is 0. The highest BCUT2D eigenvalue weighted by Crippen LogP contribution is 2.28. The lowest BCUT2D eigenvalue weighted by atomic mass is 10.1. The SMILES string of the molecule is COc1cccc(Nc2c(C)nnc3ccccc23)c1. The molecule has 0 aliphatic carbocycles. The number of nitrogens with zero attached hydrogens (tertiary/aromatic N) is 2. The van der Waals surface area contributed by atoms with Crippen LogP contribution in [0, 0.1) is 6.92 Å². The zero-order valence-corrected chi connectivity index (χ0v) is 11.4. The molecule has 1 N–H and O–H groups in total. The highest BCUT2D eigenvalue weighted by atomic mass is 16.5. The van der Waals surface area contributed by atoms with Crippen LogP contribution in [0.3, 0.4) is 0 Å². The van der Waals surface area contributed by atoms with Crippen molar-refractivity contribution in [2.45, 2.75) is 6.92 Å². The highest BCUT2D eigenvalue weighted by molar-refractivity contribution is 5.93. The third-order valence-corrected chi connectivity index (χ3v) is 3.18. The number of ether oxygens (including phenoxy) is 1. The molecule has 2 aromatic carbocycles. The molecule has 4 nitrogen and oxygen atoms in total. The van der Waals surface area contributed by atoms with Crippen molar-refractivity contribution in [1.29, 1.82) is 0 Å². The Morgan fingerprint density at radius 1 is 1.00 bits per heavy atom. The van der Waals surface area contributed by atoms with E-state index in [0.717, 1.165) is 33.7 Å². The zero-order chi connectivity index (χ0) is 13.9. The van der Waals surface area contributed by atoms with Crippen LogP contribution in [0.2, 0.25) is 0 Å². The van der Waals surface area contributed by atoms with Crippen LogP contribution in [0.25, 0.3) is 10.9 Å². The maximum Gasteiger partial charge on any atom is 0.120 e. The van der Waals surface area contributed by atoms with Gasteiger partial charge in [0.05, 0.1) is 24.0 Å². The fourth-order valence-electron chi connectivity index (χ4n) is 2.15. The maximum atomic E-state index is 5.24. The fourth-order valence-corrected chi connectivity index (χ4v) is 2.15. The minimum atomic E-state index is 0.818. The molecule has 0 saturated carbocycles. The van der Waals surface area contributed by atoms with Crippen LogP contribution in [0.15, 0.2) is 48.5 Å². The van der Waals surface area contributed by atoms with Gasteiger partial charge in [-0.25, -0.2) is 0 Å². The smallest absolute Gasteiger partial charge is 0.120 e. The van der Waals surface area contributed by atoms with Crippen molar-refractivity contribution < 1.29 is 4.74 Å². The van der Waals surface area contributed by atoms with Gasteiger partial charge in [-0.2, -0.15) is 10.2 Å². The number of hydrogen-bond donors (Lipinski definition) is 1. The molecule has 0 saturated heterocycles. The van der Waals surface area contributed by atoms with Gasteiger partial charge < -0.3 is 10.1 Å². The van der Waals surface area contributed by atoms with Gasteiger partial charge in [0.25, 0.3) is 0 Å². The van der Waals surface area contributed by atoms with Crippen LogP contribution in [-0.4, -0.2) is 17.3 Å². The van der Waals surface area contributed by atoms with Crippen molar-refractivity contribution in [2.75, 3.05) is 12.4 Å². The molecule has 0 radical (unpaired) electrons. The molecule has 0 aliphatic rings. The third kappa shape index (κ3) is 2.28. The second-order valence-electron chi connectivity index (χ2n) is 4.53. The number of hydrogen-bond acceptors (Lipinski definition) is 4. The molecule has 0 unspecified atom stereocenters. The molecule has 0 bridgehead atoms. The van der Waals surface area contributed by atoms with Crippen LogP contribution >= 0.6 is 0 Å². The summed E-state index contributed by atoms with van der Waals surface area (Å²) < 4.78 is 5.24. The quantitative estimate of drug-likeness (QED) is 0.784. The van der Waals surface area contributed by atoms with Crippen LogP contribution in [0.5, 0.6) is 5.75 Å². The summed E-state index contributed by atoms with van der Waals surface area (Å²) in [4.78, 5) is 0. The standard InChI is InChI=1S/C16H15N3O/c1-11-16(14-8-3-4-9-15(14)19-18-11)17-12-6-5-7-13(10-12)20-2/h3-10H,1-2H3,(H,17,19). The van der Waals surface area contributed by atoms with E-state index >= 15 is 0 Å². The number of anilines is 2. The van der Waals surface area contributed by atoms with E-state index in [4.69, 9.17) is 4.74 Å². The number of fused-ring (bicyclic) bond motifs is 1. The van der Waals surface area contributed by atoms with E-state index in [9.17, 15) is 0 Å². The summed E-state index contributed by atoms with van der Waals surface area (Å²) in [5.74, 6) is 0.818. The Kier molecular flexibility index (Phi) is 3.21. The maximum absolute atomic E-state index is 5.24. The first-order valence-electron chi connectivity index (χ1n) is 6.41. The largest absolute Gasteiger partial charge is 0.497 e. The number of nitrogens with one attached hydrogen (secondary N) is 1. The van der Waals surface area contributed by atoms with E-state index in [1.807, 2.05) is 55.5 Å². The Bertz CT molecular complexity index is 756. The topological polar surface area (TPSA) is 47.0 Å². The first-order chi connectivity index (χ1) is 9.78. The van der Waals surface area contributed by atoms with E-state index < -0.39 is 0 Å². The van der Waals surface area contributed by atoms with Crippen LogP contribution in [0.1, 0.15) is 5.69 Å². The van der Waals surface area contributed by atoms with Crippen molar-refractivity contribution in [3.8, 4) is 5.75 Å². The predicted octanol–water partition coefficient (Wildman–Crippen LogP) is 3.69. The summed E-state index contributed by atoms with van der Waals surface area (Å²) in [6.45, 7) is 1.95. The van der Waals surface area contributed by atoms with E-state index in [1.165, 1.54) is 0 Å². The van der Waals surface area contributed by atoms with Gasteiger partial charge >= 0.3 is 0 Å². The average Bonchev–Trinajstić information content (AvgIpc) is 2.50. The van der Waals surface area contributed by atoms with Crippen LogP contribution < -0.4 is 10.1 Å². The second-order valence-corrected chi connectivity index (χ2v) is 4.53. The number of aryl methyl sites for hydroxylation is 1. The highest BCUT2D eigenvalue weighted by Gasteiger charge is 2.07. The first-order valence-corrected chi connectivity index (χ1v) is 6.41. The molecular formula is C16H15N3O. The summed E-state index contributed by atoms with van der Waals surface area (Å²) in [7, 11) is 1.66. The summed E-state index contributed by atoms with van der Waals surface area (Å²) >= 11 is 0. The Balaban J connectivity index is 2.07. The third-order valence-electron chi connectivity index (χ3n) is 3.18. The van der Waals surface area contributed by atoms with Crippen molar-refractivity contribution in [3.63, 3.8) is 0 Å². The Hall–Kier alpha value is -2.62. The molecule has 3 aromatic rings. The molecule has 20 heavy (non-hydrogen) atoms. The molecule has 0 aliphatic heterocycles. The van der Waals surface area contributed by atoms with Gasteiger partial charge in [0.1, 0.15) is 5.75 Å². The van der Waals surface area contributed by atoms with Gasteiger partial charge in [-0.1, -0.05) is 24.3 Å². The normalized spacial score (nSPS) is 10.5. The fraction of sp³-hybridized carbons (Fsp3) is 0.125. The van der Waals surface area contributed by atoms with E-state index in [2.05, 4.69) is 15.5 Å². The van der Waals surface area contributed by atoms with Crippen molar-refractivity contribution in [3.05, 3.63) is 54.2 Å². The van der Waals surface area contributed by atoms with Gasteiger partial charge in [-0.05, 0) is 25.1 Å². The van der Waals surface area contributed by atoms with Crippen LogP contribution in [0.4, 0.5) is 11.4 Å². The number of aromatic nitrogens is 2. The Morgan fingerprint density at radius 3 is 2.70 bits per heavy atom. The van der Waals surface area contributed by atoms with Crippen molar-refractivity contribution in [2.24, 2.45) is 0 Å². The molecule has 1 heterocycles.